The smallest absolute Gasteiger partial charge is 0.416 e. The topological polar surface area (TPSA) is 113 Å². The van der Waals surface area contributed by atoms with Crippen LogP contribution in [0.4, 0.5) is 107 Å². The van der Waals surface area contributed by atoms with E-state index in [1.54, 1.807) is 51.7 Å². The summed E-state index contributed by atoms with van der Waals surface area (Å²) in [5.41, 5.74) is -2.45. The first kappa shape index (κ1) is 88.3. The summed E-state index contributed by atoms with van der Waals surface area (Å²) in [5, 5.41) is 5.29. The maximum atomic E-state index is 14.7. The van der Waals surface area contributed by atoms with Crippen LogP contribution in [0.15, 0.2) is 164 Å². The standard InChI is InChI=1S/C29H24F10N2O2.C29H26F7NO2.C27H26F4N2O2/c1-14(2)20-10-22(25(43-3)11-23(20)30)19-5-4-16(27(31,32)33)9-21(19)24-13-41(26(42)40-24)12-15-6-17(28(34,35)36)8-18(7-15)29(37,38)39;1-15(2)24-13-18(5-8-25(24)30)23-7-6-21(28(31,32)33)12-20(23)14-37-17(4)26(39-27(37)38)19-9-16(3)10-22(11-19)29(34,35)36;1-16(2)20-12-22(25(35-3)13-23(20)28)19-10-9-18(27(29,30)31)11-21(19)24-15-33(26(34)32-24)14-17-7-5-4-6-8-17/h4-11,14,24H,12-13H2,1-3H3,(H,40,42);5-13,15,17,26H,14H2,1-4H3;4-13,16,24H,14-15H2,1-3H3,(H,32,34)/t;17-,26-;/m.0./s1. The molecule has 2 unspecified atom stereocenters. The van der Waals surface area contributed by atoms with Crippen LogP contribution in [0.25, 0.3) is 33.4 Å². The Labute approximate surface area is 658 Å². The lowest BCUT2D eigenvalue weighted by molar-refractivity contribution is -0.143. The minimum Gasteiger partial charge on any atom is -0.496 e. The molecule has 3 saturated heterocycles. The Morgan fingerprint density at radius 2 is 0.829 bits per heavy atom. The summed E-state index contributed by atoms with van der Waals surface area (Å²) < 4.78 is 303. The molecule has 3 aliphatic rings. The average Bonchev–Trinajstić information content (AvgIpc) is 1.77. The molecule has 4 atom stereocenters. The maximum Gasteiger partial charge on any atom is 0.416 e. The SMILES string of the molecule is COc1cc(F)c(C(C)C)cc1-c1ccc(C(F)(F)F)cc1C1CN(Cc2cc(C(F)(F)F)cc(C(F)(F)F)c2)C(=O)N1.COc1cc(F)c(C(C)C)cc1-c1ccc(C(F)(F)F)cc1C1CN(Cc2ccccc2)C(=O)N1.Cc1cc([C@H]2OC(=O)N(Cc3cc(C(F)(F)F)ccc3-c3ccc(F)c(C(C)C)c3)[C@H]2C)cc(C(F)(F)F)c1. The predicted octanol–water partition coefficient (Wildman–Crippen LogP) is 24.9. The van der Waals surface area contributed by atoms with Crippen molar-refractivity contribution >= 4 is 18.2 Å². The summed E-state index contributed by atoms with van der Waals surface area (Å²) in [6, 6.07) is 28.5. The van der Waals surface area contributed by atoms with E-state index in [0.717, 1.165) is 71.1 Å². The number of cyclic esters (lactones) is 1. The van der Waals surface area contributed by atoms with Crippen molar-refractivity contribution in [3.8, 4) is 44.9 Å². The van der Waals surface area contributed by atoms with Gasteiger partial charge in [-0.15, -0.1) is 0 Å². The van der Waals surface area contributed by atoms with E-state index in [1.807, 2.05) is 44.2 Å². The first-order valence-electron chi connectivity index (χ1n) is 36.2. The normalized spacial score (nSPS) is 16.8. The van der Waals surface area contributed by atoms with Gasteiger partial charge in [0, 0.05) is 49.4 Å². The zero-order chi connectivity index (χ0) is 86.3. The number of urea groups is 2. The third kappa shape index (κ3) is 20.5. The van der Waals surface area contributed by atoms with Crippen LogP contribution in [0.5, 0.6) is 11.5 Å². The van der Waals surface area contributed by atoms with Crippen LogP contribution in [-0.2, 0) is 61.4 Å². The molecule has 0 bridgehead atoms. The van der Waals surface area contributed by atoms with Gasteiger partial charge in [-0.1, -0.05) is 108 Å². The fourth-order valence-electron chi connectivity index (χ4n) is 14.1. The lowest BCUT2D eigenvalue weighted by atomic mass is 9.89. The second-order valence-electron chi connectivity index (χ2n) is 29.3. The number of hydrogen-bond acceptors (Lipinski definition) is 6. The molecule has 0 radical (unpaired) electrons. The van der Waals surface area contributed by atoms with Gasteiger partial charge in [0.2, 0.25) is 0 Å². The van der Waals surface area contributed by atoms with Gasteiger partial charge < -0.3 is 34.6 Å². The quantitative estimate of drug-likeness (QED) is 0.0878. The van der Waals surface area contributed by atoms with Crippen LogP contribution in [0.3, 0.4) is 0 Å². The number of carbonyl (C=O) groups excluding carboxylic acids is 3. The van der Waals surface area contributed by atoms with Crippen molar-refractivity contribution in [2.45, 2.75) is 154 Å². The molecule has 0 aliphatic carbocycles. The summed E-state index contributed by atoms with van der Waals surface area (Å²) in [7, 11) is 2.62. The number of nitrogens with one attached hydrogen (secondary N) is 2. The monoisotopic (exact) mass is 1660 g/mol. The summed E-state index contributed by atoms with van der Waals surface area (Å²) in [6.07, 6.45) is -30.8. The third-order valence-electron chi connectivity index (χ3n) is 20.0. The second-order valence-corrected chi connectivity index (χ2v) is 29.3. The van der Waals surface area contributed by atoms with E-state index in [2.05, 4.69) is 10.6 Å². The molecule has 11 nitrogen and oxygen atoms in total. The minimum absolute atomic E-state index is 0.00673. The largest absolute Gasteiger partial charge is 0.496 e. The number of methoxy groups -OCH3 is 2. The molecule has 9 aromatic rings. The molecule has 32 heteroatoms. The van der Waals surface area contributed by atoms with Crippen LogP contribution in [0.1, 0.15) is 173 Å². The van der Waals surface area contributed by atoms with Crippen molar-refractivity contribution < 1.29 is 121 Å². The van der Waals surface area contributed by atoms with Crippen molar-refractivity contribution in [1.29, 1.82) is 0 Å². The third-order valence-corrected chi connectivity index (χ3v) is 20.0. The second kappa shape index (κ2) is 34.2. The van der Waals surface area contributed by atoms with Crippen LogP contribution in [-0.4, -0.2) is 66.2 Å². The highest BCUT2D eigenvalue weighted by Crippen LogP contribution is 2.47. The van der Waals surface area contributed by atoms with Gasteiger partial charge in [-0.05, 0) is 195 Å². The van der Waals surface area contributed by atoms with E-state index < -0.39 is 143 Å². The molecule has 2 N–H and O–H groups in total. The highest BCUT2D eigenvalue weighted by molar-refractivity contribution is 5.82. The number of hydrogen-bond donors (Lipinski definition) is 2. The summed E-state index contributed by atoms with van der Waals surface area (Å²) in [5.74, 6) is -1.96. The molecule has 624 valence electrons. The van der Waals surface area contributed by atoms with E-state index >= 15 is 0 Å². The lowest BCUT2D eigenvalue weighted by Crippen LogP contribution is -2.31. The van der Waals surface area contributed by atoms with Crippen molar-refractivity contribution in [3.05, 3.63) is 270 Å². The molecule has 117 heavy (non-hydrogen) atoms. The number of carbonyl (C=O) groups is 3. The van der Waals surface area contributed by atoms with Gasteiger partial charge in [0.05, 0.1) is 72.3 Å². The summed E-state index contributed by atoms with van der Waals surface area (Å²) in [6.45, 7) is 12.8. The Morgan fingerprint density at radius 3 is 1.26 bits per heavy atom. The van der Waals surface area contributed by atoms with Crippen molar-refractivity contribution in [3.63, 3.8) is 0 Å². The van der Waals surface area contributed by atoms with E-state index in [-0.39, 0.29) is 87.8 Å². The number of benzene rings is 9. The van der Waals surface area contributed by atoms with Crippen LogP contribution in [0.2, 0.25) is 0 Å². The Balaban J connectivity index is 0.000000186. The van der Waals surface area contributed by atoms with Crippen molar-refractivity contribution in [2.24, 2.45) is 0 Å². The number of alkyl halides is 18. The summed E-state index contributed by atoms with van der Waals surface area (Å²) in [4.78, 5) is 42.1. The number of rotatable bonds is 17. The Bertz CT molecular complexity index is 5120. The number of nitrogens with zero attached hydrogens (tertiary/aromatic N) is 3. The van der Waals surface area contributed by atoms with Gasteiger partial charge in [0.25, 0.3) is 0 Å². The van der Waals surface area contributed by atoms with E-state index in [1.165, 1.54) is 68.5 Å². The maximum absolute atomic E-state index is 14.7. The van der Waals surface area contributed by atoms with Crippen molar-refractivity contribution in [2.75, 3.05) is 27.3 Å². The first-order valence-corrected chi connectivity index (χ1v) is 36.2. The van der Waals surface area contributed by atoms with Gasteiger partial charge in [0.15, 0.2) is 0 Å². The molecule has 3 heterocycles. The molecular weight excluding hydrogens is 1590 g/mol. The van der Waals surface area contributed by atoms with Gasteiger partial charge in [-0.2, -0.15) is 79.0 Å². The Kier molecular flexibility index (Phi) is 25.8. The highest BCUT2D eigenvalue weighted by Gasteiger charge is 2.45. The van der Waals surface area contributed by atoms with Crippen LogP contribution < -0.4 is 20.1 Å². The van der Waals surface area contributed by atoms with Gasteiger partial charge in [0.1, 0.15) is 35.1 Å². The minimum atomic E-state index is -5.11. The van der Waals surface area contributed by atoms with Gasteiger partial charge in [-0.3, -0.25) is 4.90 Å². The highest BCUT2D eigenvalue weighted by atomic mass is 19.4. The molecule has 12 rings (SSSR count). The molecule has 3 fully saturated rings. The van der Waals surface area contributed by atoms with Crippen LogP contribution >= 0.6 is 0 Å². The first-order chi connectivity index (χ1) is 54.4. The average molecular weight is 1660 g/mol. The number of amides is 5. The van der Waals surface area contributed by atoms with Gasteiger partial charge >= 0.3 is 55.2 Å². The number of ether oxygens (including phenoxy) is 3. The van der Waals surface area contributed by atoms with Gasteiger partial charge in [-0.25, -0.2) is 27.6 Å². The number of aryl methyl sites for hydroxylation is 1. The predicted molar refractivity (Wildman–Crippen MR) is 393 cm³/mol. The fraction of sp³-hybridized carbons (Fsp3) is 0.329. The van der Waals surface area contributed by atoms with Crippen LogP contribution in [0, 0.1) is 24.4 Å². The lowest BCUT2D eigenvalue weighted by Gasteiger charge is -2.24. The molecule has 9 aromatic carbocycles. The number of halogens is 21. The molecular formula is C85H76F21N5O6. The zero-order valence-corrected chi connectivity index (χ0v) is 63.9. The summed E-state index contributed by atoms with van der Waals surface area (Å²) >= 11 is 0. The molecule has 3 aliphatic heterocycles. The van der Waals surface area contributed by atoms with E-state index in [9.17, 15) is 107 Å². The molecule has 0 aromatic heterocycles. The Morgan fingerprint density at radius 1 is 0.419 bits per heavy atom. The molecule has 5 amide bonds. The van der Waals surface area contributed by atoms with E-state index in [4.69, 9.17) is 14.2 Å². The Hall–Kier alpha value is -11.1. The molecule has 0 spiro atoms. The van der Waals surface area contributed by atoms with Crippen molar-refractivity contribution in [1.82, 2.24) is 25.3 Å². The van der Waals surface area contributed by atoms with E-state index in [0.29, 0.717) is 63.2 Å². The zero-order valence-electron chi connectivity index (χ0n) is 63.9. The molecule has 0 saturated carbocycles. The fourth-order valence-corrected chi connectivity index (χ4v) is 14.1.